The van der Waals surface area contributed by atoms with Crippen LogP contribution in [-0.4, -0.2) is 0 Å². The topological polar surface area (TPSA) is 0 Å². The maximum Gasteiger partial charge on any atom is 0.0237 e. The molecule has 1 atom stereocenters. The predicted octanol–water partition coefficient (Wildman–Crippen LogP) is 8.38. The highest BCUT2D eigenvalue weighted by atomic mass is 14.3. The summed E-state index contributed by atoms with van der Waals surface area (Å²) in [5.41, 5.74) is 10.6. The van der Waals surface area contributed by atoms with Crippen LogP contribution in [0.25, 0.3) is 11.1 Å². The Morgan fingerprint density at radius 1 is 0.862 bits per heavy atom. The fourth-order valence-corrected chi connectivity index (χ4v) is 3.87. The summed E-state index contributed by atoms with van der Waals surface area (Å²) < 4.78 is 0. The molecule has 0 saturated heterocycles. The van der Waals surface area contributed by atoms with Crippen LogP contribution in [0.15, 0.2) is 85.0 Å². The van der Waals surface area contributed by atoms with E-state index < -0.39 is 0 Å². The average Bonchev–Trinajstić information content (AvgIpc) is 3.11. The van der Waals surface area contributed by atoms with Crippen LogP contribution in [0.1, 0.15) is 69.2 Å². The molecule has 0 radical (unpaired) electrons. The first-order valence-electron chi connectivity index (χ1n) is 10.6. The molecule has 1 aliphatic rings. The van der Waals surface area contributed by atoms with E-state index in [4.69, 9.17) is 0 Å². The molecule has 3 rings (SSSR count). The molecule has 0 heterocycles. The highest BCUT2D eigenvalue weighted by molar-refractivity contribution is 5.63. The van der Waals surface area contributed by atoms with Crippen molar-refractivity contribution in [1.29, 1.82) is 0 Å². The molecule has 0 bridgehead atoms. The van der Waals surface area contributed by atoms with Gasteiger partial charge in [-0.15, -0.1) is 0 Å². The van der Waals surface area contributed by atoms with Crippen LogP contribution >= 0.6 is 0 Å². The number of benzene rings is 2. The maximum atomic E-state index is 4.13. The van der Waals surface area contributed by atoms with Crippen LogP contribution < -0.4 is 0 Å². The van der Waals surface area contributed by atoms with Crippen molar-refractivity contribution in [3.63, 3.8) is 0 Å². The molecule has 29 heavy (non-hydrogen) atoms. The Balaban J connectivity index is 1.85. The third kappa shape index (κ3) is 5.07. The zero-order valence-corrected chi connectivity index (χ0v) is 18.7. The molecule has 1 aliphatic carbocycles. The highest BCUT2D eigenvalue weighted by Crippen LogP contribution is 2.42. The minimum atomic E-state index is 0.162. The Morgan fingerprint density at radius 3 is 2.10 bits per heavy atom. The van der Waals surface area contributed by atoms with E-state index in [2.05, 4.69) is 108 Å². The molecule has 2 aromatic rings. The van der Waals surface area contributed by atoms with Gasteiger partial charge >= 0.3 is 0 Å². The first-order chi connectivity index (χ1) is 13.6. The Labute approximate surface area is 177 Å². The molecule has 0 saturated carbocycles. The molecule has 150 valence electrons. The summed E-state index contributed by atoms with van der Waals surface area (Å²) in [7, 11) is 0. The number of aryl methyl sites for hydroxylation is 1. The van der Waals surface area contributed by atoms with Crippen molar-refractivity contribution in [3.8, 4) is 0 Å². The number of hydrogen-bond donors (Lipinski definition) is 0. The van der Waals surface area contributed by atoms with Crippen LogP contribution in [0.5, 0.6) is 0 Å². The Kier molecular flexibility index (Phi) is 6.13. The maximum absolute atomic E-state index is 4.13. The average molecular weight is 383 g/mol. The standard InChI is InChI=1S/C29H34/c1-20(2)23-14-11-22(12-15-23)13-16-26-18-27(29(5,6)7)19-28(26)25-10-8-9-24(17-25)21(3)4/h8-12,14-15,17-19,28H,1,3,13,16H2,2,4-7H3. The van der Waals surface area contributed by atoms with E-state index in [1.165, 1.54) is 33.4 Å². The normalized spacial score (nSPS) is 16.4. The summed E-state index contributed by atoms with van der Waals surface area (Å²) in [4.78, 5) is 0. The largest absolute Gasteiger partial charge is 0.0955 e. The summed E-state index contributed by atoms with van der Waals surface area (Å²) in [6.07, 6.45) is 7.05. The summed E-state index contributed by atoms with van der Waals surface area (Å²) in [6, 6.07) is 17.8. The Hall–Kier alpha value is -2.60. The van der Waals surface area contributed by atoms with Gasteiger partial charge in [-0.1, -0.05) is 111 Å². The van der Waals surface area contributed by atoms with E-state index in [-0.39, 0.29) is 5.41 Å². The second kappa shape index (κ2) is 8.41. The lowest BCUT2D eigenvalue weighted by Crippen LogP contribution is -2.06. The molecule has 0 aromatic heterocycles. The highest BCUT2D eigenvalue weighted by Gasteiger charge is 2.26. The third-order valence-electron chi connectivity index (χ3n) is 5.84. The van der Waals surface area contributed by atoms with Gasteiger partial charge in [0.05, 0.1) is 0 Å². The van der Waals surface area contributed by atoms with Crippen LogP contribution in [0.3, 0.4) is 0 Å². The molecule has 0 aliphatic heterocycles. The number of allylic oxidation sites excluding steroid dienone is 6. The zero-order valence-electron chi connectivity index (χ0n) is 18.7. The van der Waals surface area contributed by atoms with Crippen molar-refractivity contribution in [2.45, 2.75) is 53.4 Å². The minimum Gasteiger partial charge on any atom is -0.0955 e. The van der Waals surface area contributed by atoms with Gasteiger partial charge < -0.3 is 0 Å². The first kappa shape index (κ1) is 21.1. The molecule has 1 unspecified atom stereocenters. The lowest BCUT2D eigenvalue weighted by molar-refractivity contribution is 0.517. The third-order valence-corrected chi connectivity index (χ3v) is 5.84. The van der Waals surface area contributed by atoms with E-state index >= 15 is 0 Å². The summed E-state index contributed by atoms with van der Waals surface area (Å²) in [6.45, 7) is 19.2. The SMILES string of the molecule is C=C(C)c1ccc(CCC2=CC(C(C)(C)C)=CC2c2cccc(C(=C)C)c2)cc1. The van der Waals surface area contributed by atoms with Gasteiger partial charge in [0.15, 0.2) is 0 Å². The van der Waals surface area contributed by atoms with Crippen molar-refractivity contribution in [1.82, 2.24) is 0 Å². The van der Waals surface area contributed by atoms with Gasteiger partial charge in [-0.25, -0.2) is 0 Å². The molecule has 0 fully saturated rings. The second-order valence-corrected chi connectivity index (χ2v) is 9.45. The molecule has 0 spiro atoms. The second-order valence-electron chi connectivity index (χ2n) is 9.45. The Bertz CT molecular complexity index is 971. The number of rotatable bonds is 6. The monoisotopic (exact) mass is 382 g/mol. The molecule has 0 nitrogen and oxygen atoms in total. The van der Waals surface area contributed by atoms with Gasteiger partial charge in [-0.05, 0) is 59.9 Å². The molecular formula is C29H34. The molecule has 2 aromatic carbocycles. The van der Waals surface area contributed by atoms with Crippen LogP contribution in [-0.2, 0) is 6.42 Å². The van der Waals surface area contributed by atoms with Crippen LogP contribution in [0.2, 0.25) is 0 Å². The van der Waals surface area contributed by atoms with E-state index in [1.807, 2.05) is 0 Å². The van der Waals surface area contributed by atoms with E-state index in [0.717, 1.165) is 24.0 Å². The number of hydrogen-bond acceptors (Lipinski definition) is 0. The minimum absolute atomic E-state index is 0.162. The molecule has 0 N–H and O–H groups in total. The molecule has 0 heteroatoms. The van der Waals surface area contributed by atoms with Crippen molar-refractivity contribution in [2.75, 3.05) is 0 Å². The fourth-order valence-electron chi connectivity index (χ4n) is 3.87. The summed E-state index contributed by atoms with van der Waals surface area (Å²) >= 11 is 0. The van der Waals surface area contributed by atoms with Crippen molar-refractivity contribution in [3.05, 3.63) is 107 Å². The molecule has 0 amide bonds. The van der Waals surface area contributed by atoms with Crippen molar-refractivity contribution in [2.24, 2.45) is 5.41 Å². The van der Waals surface area contributed by atoms with E-state index in [1.54, 1.807) is 0 Å². The lowest BCUT2D eigenvalue weighted by Gasteiger charge is -2.18. The van der Waals surface area contributed by atoms with Crippen LogP contribution in [0.4, 0.5) is 0 Å². The van der Waals surface area contributed by atoms with E-state index in [9.17, 15) is 0 Å². The van der Waals surface area contributed by atoms with Gasteiger partial charge in [-0.3, -0.25) is 0 Å². The first-order valence-corrected chi connectivity index (χ1v) is 10.6. The summed E-state index contributed by atoms with van der Waals surface area (Å²) in [5, 5.41) is 0. The van der Waals surface area contributed by atoms with Crippen molar-refractivity contribution >= 4 is 11.1 Å². The zero-order chi connectivity index (χ0) is 21.2. The van der Waals surface area contributed by atoms with Gasteiger partial charge in [0.2, 0.25) is 0 Å². The smallest absolute Gasteiger partial charge is 0.0237 e. The predicted molar refractivity (Wildman–Crippen MR) is 129 cm³/mol. The quantitative estimate of drug-likeness (QED) is 0.470. The van der Waals surface area contributed by atoms with Gasteiger partial charge in [-0.2, -0.15) is 0 Å². The van der Waals surface area contributed by atoms with E-state index in [0.29, 0.717) is 5.92 Å². The fraction of sp³-hybridized carbons (Fsp3) is 0.310. The van der Waals surface area contributed by atoms with Crippen LogP contribution in [0, 0.1) is 5.41 Å². The van der Waals surface area contributed by atoms with Gasteiger partial charge in [0.1, 0.15) is 0 Å². The molecular weight excluding hydrogens is 348 g/mol. The van der Waals surface area contributed by atoms with Gasteiger partial charge in [0.25, 0.3) is 0 Å². The Morgan fingerprint density at radius 2 is 1.52 bits per heavy atom. The van der Waals surface area contributed by atoms with Crippen molar-refractivity contribution < 1.29 is 0 Å². The lowest BCUT2D eigenvalue weighted by atomic mass is 9.86. The van der Waals surface area contributed by atoms with Gasteiger partial charge in [0, 0.05) is 5.92 Å². The summed E-state index contributed by atoms with van der Waals surface area (Å²) in [5.74, 6) is 0.359.